The van der Waals surface area contributed by atoms with Crippen molar-refractivity contribution in [1.82, 2.24) is 19.5 Å². The zero-order valence-corrected chi connectivity index (χ0v) is 17.3. The van der Waals surface area contributed by atoms with E-state index in [0.29, 0.717) is 54.5 Å². The summed E-state index contributed by atoms with van der Waals surface area (Å²) < 4.78 is 40.1. The number of para-hydroxylation sites is 2. The molecule has 1 fully saturated rings. The lowest BCUT2D eigenvalue weighted by molar-refractivity contribution is 0.0160. The highest BCUT2D eigenvalue weighted by atomic mass is 19.3. The minimum atomic E-state index is -2.77. The SMILES string of the molecule is COc1cncc(C2=NC(N3CCOCC3)N(n3c(C(F)F)nc4ccccc43)C=N2)c1. The molecule has 0 spiro atoms. The van der Waals surface area contributed by atoms with Gasteiger partial charge in [-0.2, -0.15) is 0 Å². The van der Waals surface area contributed by atoms with Crippen molar-refractivity contribution in [2.75, 3.05) is 38.4 Å². The topological polar surface area (TPSA) is 80.4 Å². The molecule has 0 radical (unpaired) electrons. The smallest absolute Gasteiger partial charge is 0.297 e. The Bertz CT molecular complexity index is 1170. The normalized spacial score (nSPS) is 19.6. The fourth-order valence-electron chi connectivity index (χ4n) is 3.81. The molecule has 1 aromatic carbocycles. The number of nitrogens with zero attached hydrogens (tertiary/aromatic N) is 7. The molecular weight excluding hydrogens is 420 g/mol. The molecule has 3 aromatic rings. The van der Waals surface area contributed by atoms with Gasteiger partial charge in [0.15, 0.2) is 11.7 Å². The molecule has 32 heavy (non-hydrogen) atoms. The molecule has 1 saturated heterocycles. The van der Waals surface area contributed by atoms with Crippen LogP contribution in [0.4, 0.5) is 8.78 Å². The molecule has 0 bridgehead atoms. The number of benzene rings is 1. The van der Waals surface area contributed by atoms with Gasteiger partial charge >= 0.3 is 0 Å². The summed E-state index contributed by atoms with van der Waals surface area (Å²) in [7, 11) is 1.56. The molecule has 9 nitrogen and oxygen atoms in total. The molecule has 5 rings (SSSR count). The summed E-state index contributed by atoms with van der Waals surface area (Å²) in [6.07, 6.45) is 1.36. The Morgan fingerprint density at radius 1 is 1.16 bits per heavy atom. The first-order valence-corrected chi connectivity index (χ1v) is 10.1. The third kappa shape index (κ3) is 3.69. The summed E-state index contributed by atoms with van der Waals surface area (Å²) in [5, 5.41) is 1.60. The van der Waals surface area contributed by atoms with Gasteiger partial charge in [-0.3, -0.25) is 9.88 Å². The van der Waals surface area contributed by atoms with Crippen LogP contribution in [0.15, 0.2) is 52.7 Å². The maximum atomic E-state index is 14.0. The molecule has 11 heteroatoms. The average Bonchev–Trinajstić information content (AvgIpc) is 3.24. The van der Waals surface area contributed by atoms with Gasteiger partial charge in [-0.15, -0.1) is 0 Å². The highest BCUT2D eigenvalue weighted by molar-refractivity contribution is 6.05. The van der Waals surface area contributed by atoms with Crippen LogP contribution in [0.25, 0.3) is 11.0 Å². The summed E-state index contributed by atoms with van der Waals surface area (Å²) in [5.41, 5.74) is 1.70. The number of hydrogen-bond donors (Lipinski definition) is 0. The average molecular weight is 441 g/mol. The molecule has 0 amide bonds. The zero-order chi connectivity index (χ0) is 22.1. The van der Waals surface area contributed by atoms with Crippen molar-refractivity contribution in [2.24, 2.45) is 9.98 Å². The molecule has 0 aliphatic carbocycles. The third-order valence-electron chi connectivity index (χ3n) is 5.34. The highest BCUT2D eigenvalue weighted by Gasteiger charge is 2.33. The Labute approximate surface area is 182 Å². The Kier molecular flexibility index (Phi) is 5.50. The number of fused-ring (bicyclic) bond motifs is 1. The monoisotopic (exact) mass is 441 g/mol. The maximum Gasteiger partial charge on any atom is 0.297 e. The summed E-state index contributed by atoms with van der Waals surface area (Å²) in [6.45, 7) is 2.25. The molecule has 4 heterocycles. The number of aliphatic imine (C=N–C) groups is 2. The van der Waals surface area contributed by atoms with Crippen LogP contribution in [-0.4, -0.2) is 71.4 Å². The number of morpholine rings is 1. The van der Waals surface area contributed by atoms with Crippen LogP contribution < -0.4 is 9.75 Å². The fraction of sp³-hybridized carbons (Fsp3) is 0.333. The van der Waals surface area contributed by atoms with E-state index in [9.17, 15) is 8.78 Å². The van der Waals surface area contributed by atoms with Crippen LogP contribution in [0.2, 0.25) is 0 Å². The van der Waals surface area contributed by atoms with E-state index in [0.717, 1.165) is 0 Å². The predicted molar refractivity (Wildman–Crippen MR) is 115 cm³/mol. The summed E-state index contributed by atoms with van der Waals surface area (Å²) >= 11 is 0. The number of imidazole rings is 1. The molecule has 0 saturated carbocycles. The number of hydrogen-bond acceptors (Lipinski definition) is 8. The van der Waals surface area contributed by atoms with Gasteiger partial charge in [0.05, 0.1) is 37.6 Å². The fourth-order valence-corrected chi connectivity index (χ4v) is 3.81. The lowest BCUT2D eigenvalue weighted by Gasteiger charge is -2.40. The van der Waals surface area contributed by atoms with E-state index < -0.39 is 12.7 Å². The van der Waals surface area contributed by atoms with Crippen LogP contribution in [0.5, 0.6) is 5.75 Å². The predicted octanol–water partition coefficient (Wildman–Crippen LogP) is 2.42. The number of rotatable bonds is 5. The molecule has 1 unspecified atom stereocenters. The second-order valence-corrected chi connectivity index (χ2v) is 7.26. The Balaban J connectivity index is 1.61. The summed E-state index contributed by atoms with van der Waals surface area (Å²) in [6, 6.07) is 8.80. The van der Waals surface area contributed by atoms with Gasteiger partial charge in [0.2, 0.25) is 6.29 Å². The minimum Gasteiger partial charge on any atom is -0.495 e. The van der Waals surface area contributed by atoms with Gasteiger partial charge in [-0.25, -0.2) is 33.4 Å². The quantitative estimate of drug-likeness (QED) is 0.605. The Hall–Kier alpha value is -3.44. The first-order valence-electron chi connectivity index (χ1n) is 10.1. The number of ether oxygens (including phenoxy) is 2. The molecule has 1 atom stereocenters. The van der Waals surface area contributed by atoms with Crippen LogP contribution in [0.3, 0.4) is 0 Å². The largest absolute Gasteiger partial charge is 0.495 e. The van der Waals surface area contributed by atoms with Gasteiger partial charge in [0.1, 0.15) is 12.1 Å². The molecule has 166 valence electrons. The van der Waals surface area contributed by atoms with E-state index in [4.69, 9.17) is 14.5 Å². The molecule has 2 aliphatic heterocycles. The maximum absolute atomic E-state index is 14.0. The van der Waals surface area contributed by atoms with E-state index in [1.165, 1.54) is 11.0 Å². The highest BCUT2D eigenvalue weighted by Crippen LogP contribution is 2.27. The lowest BCUT2D eigenvalue weighted by atomic mass is 10.2. The van der Waals surface area contributed by atoms with Crippen LogP contribution in [-0.2, 0) is 4.74 Å². The van der Waals surface area contributed by atoms with Gasteiger partial charge < -0.3 is 9.47 Å². The standard InChI is InChI=1S/C21H21F2N7O2/c1-31-15-10-14(11-24-12-15)19-25-13-29(21(27-19)28-6-8-32-9-7-28)30-17-5-3-2-4-16(17)26-20(30)18(22)23/h2-5,10-13,18,21H,6-9H2,1H3. The van der Waals surface area contributed by atoms with E-state index in [2.05, 4.69) is 19.9 Å². The number of aromatic nitrogens is 3. The van der Waals surface area contributed by atoms with Crippen molar-refractivity contribution in [3.8, 4) is 5.75 Å². The molecule has 2 aliphatic rings. The number of methoxy groups -OCH3 is 1. The number of alkyl halides is 2. The van der Waals surface area contributed by atoms with E-state index in [-0.39, 0.29) is 5.82 Å². The van der Waals surface area contributed by atoms with Gasteiger partial charge in [-0.05, 0) is 18.2 Å². The van der Waals surface area contributed by atoms with Crippen molar-refractivity contribution in [2.45, 2.75) is 12.7 Å². The second-order valence-electron chi connectivity index (χ2n) is 7.26. The van der Waals surface area contributed by atoms with Gasteiger partial charge in [-0.1, -0.05) is 12.1 Å². The lowest BCUT2D eigenvalue weighted by Crippen LogP contribution is -2.57. The van der Waals surface area contributed by atoms with Gasteiger partial charge in [0, 0.05) is 24.8 Å². The summed E-state index contributed by atoms with van der Waals surface area (Å²) in [5.74, 6) is 0.649. The molecular formula is C21H21F2N7O2. The second kappa shape index (κ2) is 8.60. The first kappa shape index (κ1) is 20.5. The first-order chi connectivity index (χ1) is 15.7. The van der Waals surface area contributed by atoms with E-state index >= 15 is 0 Å². The van der Waals surface area contributed by atoms with Crippen LogP contribution in [0, 0.1) is 0 Å². The van der Waals surface area contributed by atoms with Crippen molar-refractivity contribution >= 4 is 23.2 Å². The van der Waals surface area contributed by atoms with Crippen molar-refractivity contribution in [1.29, 1.82) is 0 Å². The van der Waals surface area contributed by atoms with Crippen molar-refractivity contribution in [3.63, 3.8) is 0 Å². The van der Waals surface area contributed by atoms with Crippen LogP contribution >= 0.6 is 0 Å². The van der Waals surface area contributed by atoms with Gasteiger partial charge in [0.25, 0.3) is 6.43 Å². The summed E-state index contributed by atoms with van der Waals surface area (Å²) in [4.78, 5) is 19.7. The number of amidine groups is 1. The Morgan fingerprint density at radius 3 is 2.75 bits per heavy atom. The minimum absolute atomic E-state index is 0.363. The Morgan fingerprint density at radius 2 is 1.97 bits per heavy atom. The zero-order valence-electron chi connectivity index (χ0n) is 17.3. The third-order valence-corrected chi connectivity index (χ3v) is 5.34. The van der Waals surface area contributed by atoms with Crippen molar-refractivity contribution < 1.29 is 18.3 Å². The number of halogens is 2. The van der Waals surface area contributed by atoms with Crippen LogP contribution in [0.1, 0.15) is 17.8 Å². The van der Waals surface area contributed by atoms with E-state index in [1.54, 1.807) is 54.8 Å². The molecule has 0 N–H and O–H groups in total. The van der Waals surface area contributed by atoms with Crippen molar-refractivity contribution in [3.05, 3.63) is 54.1 Å². The number of pyridine rings is 1. The molecule has 2 aromatic heterocycles. The van der Waals surface area contributed by atoms with E-state index in [1.807, 2.05) is 0 Å².